The third-order valence-corrected chi connectivity index (χ3v) is 2.71. The van der Waals surface area contributed by atoms with Gasteiger partial charge in [0.2, 0.25) is 0 Å². The molecule has 1 unspecified atom stereocenters. The van der Waals surface area contributed by atoms with Crippen molar-refractivity contribution < 1.29 is 9.84 Å². The van der Waals surface area contributed by atoms with Crippen molar-refractivity contribution in [2.45, 2.75) is 18.6 Å². The number of aromatic nitrogens is 2. The smallest absolute Gasteiger partial charge is 0.102 e. The molecule has 0 aromatic carbocycles. The molecule has 16 heavy (non-hydrogen) atoms. The highest BCUT2D eigenvalue weighted by molar-refractivity contribution is 5.17. The second kappa shape index (κ2) is 4.78. The van der Waals surface area contributed by atoms with E-state index < -0.39 is 5.60 Å². The first-order chi connectivity index (χ1) is 7.72. The zero-order chi connectivity index (χ0) is 11.4. The molecule has 1 saturated heterocycles. The quantitative estimate of drug-likeness (QED) is 0.750. The highest BCUT2D eigenvalue weighted by Crippen LogP contribution is 2.16. The van der Waals surface area contributed by atoms with E-state index in [0.29, 0.717) is 32.7 Å². The first-order valence-electron chi connectivity index (χ1n) is 5.38. The fourth-order valence-corrected chi connectivity index (χ4v) is 1.74. The molecule has 0 spiro atoms. The Morgan fingerprint density at radius 3 is 3.25 bits per heavy atom. The molecule has 88 valence electrons. The summed E-state index contributed by atoms with van der Waals surface area (Å²) >= 11 is 0. The second-order valence-corrected chi connectivity index (χ2v) is 4.14. The van der Waals surface area contributed by atoms with Gasteiger partial charge in [0.15, 0.2) is 0 Å². The molecule has 1 aromatic rings. The van der Waals surface area contributed by atoms with Gasteiger partial charge in [0.25, 0.3) is 0 Å². The van der Waals surface area contributed by atoms with Gasteiger partial charge in [-0.2, -0.15) is 5.10 Å². The van der Waals surface area contributed by atoms with Crippen LogP contribution in [-0.2, 0) is 11.3 Å². The van der Waals surface area contributed by atoms with Gasteiger partial charge in [0.05, 0.1) is 12.8 Å². The Morgan fingerprint density at radius 2 is 2.62 bits per heavy atom. The maximum Gasteiger partial charge on any atom is 0.102 e. The predicted molar refractivity (Wildman–Crippen MR) is 60.7 cm³/mol. The summed E-state index contributed by atoms with van der Waals surface area (Å²) < 4.78 is 6.82. The van der Waals surface area contributed by atoms with Gasteiger partial charge in [0, 0.05) is 44.1 Å². The van der Waals surface area contributed by atoms with Crippen LogP contribution in [0.4, 0.5) is 0 Å². The van der Waals surface area contributed by atoms with E-state index in [4.69, 9.17) is 4.74 Å². The maximum atomic E-state index is 10.00. The summed E-state index contributed by atoms with van der Waals surface area (Å²) in [6.07, 6.45) is 6.02. The molecule has 5 heteroatoms. The lowest BCUT2D eigenvalue weighted by molar-refractivity contribution is 0.0268. The monoisotopic (exact) mass is 223 g/mol. The van der Waals surface area contributed by atoms with E-state index in [2.05, 4.69) is 17.0 Å². The largest absolute Gasteiger partial charge is 0.386 e. The molecule has 0 aliphatic carbocycles. The third-order valence-electron chi connectivity index (χ3n) is 2.71. The van der Waals surface area contributed by atoms with Crippen molar-refractivity contribution in [3.05, 3.63) is 24.5 Å². The fourth-order valence-electron chi connectivity index (χ4n) is 1.74. The fraction of sp³-hybridized carbons (Fsp3) is 0.545. The van der Waals surface area contributed by atoms with E-state index in [-0.39, 0.29) is 0 Å². The van der Waals surface area contributed by atoms with Crippen LogP contribution in [0, 0.1) is 0 Å². The van der Waals surface area contributed by atoms with Crippen LogP contribution in [0.25, 0.3) is 6.20 Å². The van der Waals surface area contributed by atoms with Crippen LogP contribution in [0.15, 0.2) is 19.0 Å². The molecular formula is C11H17N3O2. The highest BCUT2D eigenvalue weighted by Gasteiger charge is 2.31. The lowest BCUT2D eigenvalue weighted by atomic mass is 10.0. The lowest BCUT2D eigenvalue weighted by Gasteiger charge is -2.20. The molecule has 1 aromatic heterocycles. The van der Waals surface area contributed by atoms with Gasteiger partial charge >= 0.3 is 0 Å². The van der Waals surface area contributed by atoms with Crippen molar-refractivity contribution in [3.63, 3.8) is 0 Å². The van der Waals surface area contributed by atoms with Crippen LogP contribution < -0.4 is 5.32 Å². The van der Waals surface area contributed by atoms with Gasteiger partial charge < -0.3 is 15.2 Å². The average Bonchev–Trinajstić information content (AvgIpc) is 2.88. The molecule has 2 N–H and O–H groups in total. The third kappa shape index (κ3) is 2.69. The van der Waals surface area contributed by atoms with E-state index in [1.165, 1.54) is 0 Å². The first-order valence-corrected chi connectivity index (χ1v) is 5.38. The minimum Gasteiger partial charge on any atom is -0.386 e. The van der Waals surface area contributed by atoms with Crippen molar-refractivity contribution in [1.29, 1.82) is 0 Å². The molecule has 0 bridgehead atoms. The standard InChI is InChI=1S/C11H17N3O2/c1-2-14-7-10(6-13-14)5-12-8-11(15)3-4-16-9-11/h2,6-7,12,15H,1,3-5,8-9H2. The van der Waals surface area contributed by atoms with E-state index in [1.54, 1.807) is 17.1 Å². The van der Waals surface area contributed by atoms with Crippen LogP contribution in [-0.4, -0.2) is 40.2 Å². The molecule has 0 saturated carbocycles. The molecule has 1 fully saturated rings. The first kappa shape index (κ1) is 11.3. The van der Waals surface area contributed by atoms with Crippen molar-refractivity contribution in [2.24, 2.45) is 0 Å². The van der Waals surface area contributed by atoms with E-state index in [9.17, 15) is 5.11 Å². The summed E-state index contributed by atoms with van der Waals surface area (Å²) in [5.41, 5.74) is 0.372. The van der Waals surface area contributed by atoms with Crippen LogP contribution in [0.1, 0.15) is 12.0 Å². The Labute approximate surface area is 94.7 Å². The van der Waals surface area contributed by atoms with Crippen LogP contribution in [0.2, 0.25) is 0 Å². The number of nitrogens with one attached hydrogen (secondary N) is 1. The van der Waals surface area contributed by atoms with Crippen LogP contribution >= 0.6 is 0 Å². The van der Waals surface area contributed by atoms with Crippen LogP contribution in [0.3, 0.4) is 0 Å². The molecule has 5 nitrogen and oxygen atoms in total. The SMILES string of the molecule is C=Cn1cc(CNCC2(O)CCOC2)cn1. The molecule has 1 aliphatic heterocycles. The summed E-state index contributed by atoms with van der Waals surface area (Å²) in [6, 6.07) is 0. The van der Waals surface area contributed by atoms with Crippen molar-refractivity contribution in [1.82, 2.24) is 15.1 Å². The molecule has 1 atom stereocenters. The van der Waals surface area contributed by atoms with E-state index in [0.717, 1.165) is 5.56 Å². The van der Waals surface area contributed by atoms with Gasteiger partial charge in [0.1, 0.15) is 5.60 Å². The molecule has 0 radical (unpaired) electrons. The topological polar surface area (TPSA) is 59.3 Å². The molecule has 1 aliphatic rings. The van der Waals surface area contributed by atoms with E-state index >= 15 is 0 Å². The molecular weight excluding hydrogens is 206 g/mol. The van der Waals surface area contributed by atoms with Crippen molar-refractivity contribution in [3.8, 4) is 0 Å². The summed E-state index contributed by atoms with van der Waals surface area (Å²) in [5, 5.41) is 17.3. The Balaban J connectivity index is 1.77. The highest BCUT2D eigenvalue weighted by atomic mass is 16.5. The lowest BCUT2D eigenvalue weighted by Crippen LogP contribution is -2.40. The Morgan fingerprint density at radius 1 is 1.75 bits per heavy atom. The number of rotatable bonds is 5. The molecule has 2 heterocycles. The second-order valence-electron chi connectivity index (χ2n) is 4.14. The predicted octanol–water partition coefficient (Wildman–Crippen LogP) is 0.225. The van der Waals surface area contributed by atoms with Crippen molar-refractivity contribution >= 4 is 6.20 Å². The summed E-state index contributed by atoms with van der Waals surface area (Å²) in [6.45, 7) is 5.93. The minimum absolute atomic E-state index is 0.423. The number of hydrogen-bond donors (Lipinski definition) is 2. The zero-order valence-electron chi connectivity index (χ0n) is 9.22. The van der Waals surface area contributed by atoms with Gasteiger partial charge in [-0.3, -0.25) is 0 Å². The van der Waals surface area contributed by atoms with Crippen molar-refractivity contribution in [2.75, 3.05) is 19.8 Å². The van der Waals surface area contributed by atoms with Gasteiger partial charge in [-0.05, 0) is 0 Å². The zero-order valence-corrected chi connectivity index (χ0v) is 9.22. The summed E-state index contributed by atoms with van der Waals surface area (Å²) in [4.78, 5) is 0. The molecule has 2 rings (SSSR count). The number of hydrogen-bond acceptors (Lipinski definition) is 4. The van der Waals surface area contributed by atoms with Gasteiger partial charge in [-0.15, -0.1) is 0 Å². The Bertz CT molecular complexity index is 356. The minimum atomic E-state index is -0.700. The van der Waals surface area contributed by atoms with E-state index in [1.807, 2.05) is 6.20 Å². The Hall–Kier alpha value is -1.17. The van der Waals surface area contributed by atoms with Gasteiger partial charge in [-0.1, -0.05) is 6.58 Å². The normalized spacial score (nSPS) is 24.8. The number of nitrogens with zero attached hydrogens (tertiary/aromatic N) is 2. The van der Waals surface area contributed by atoms with Gasteiger partial charge in [-0.25, -0.2) is 4.68 Å². The summed E-state index contributed by atoms with van der Waals surface area (Å²) in [7, 11) is 0. The number of aliphatic hydroxyl groups is 1. The molecule has 0 amide bonds. The maximum absolute atomic E-state index is 10.00. The summed E-state index contributed by atoms with van der Waals surface area (Å²) in [5.74, 6) is 0. The average molecular weight is 223 g/mol. The Kier molecular flexibility index (Phi) is 3.38. The van der Waals surface area contributed by atoms with Crippen LogP contribution in [0.5, 0.6) is 0 Å². The number of ether oxygens (including phenoxy) is 1.